The Balaban J connectivity index is 1.82. The zero-order valence-electron chi connectivity index (χ0n) is 15.0. The van der Waals surface area contributed by atoms with E-state index in [1.54, 1.807) is 6.07 Å². The monoisotopic (exact) mass is 363 g/mol. The number of pyridine rings is 1. The van der Waals surface area contributed by atoms with Gasteiger partial charge in [0.15, 0.2) is 0 Å². The van der Waals surface area contributed by atoms with E-state index in [1.807, 2.05) is 77.5 Å². The molecule has 0 aliphatic carbocycles. The van der Waals surface area contributed by atoms with Crippen molar-refractivity contribution in [2.45, 2.75) is 0 Å². The summed E-state index contributed by atoms with van der Waals surface area (Å²) in [6.07, 6.45) is 0. The van der Waals surface area contributed by atoms with Gasteiger partial charge in [-0.15, -0.1) is 0 Å². The minimum absolute atomic E-state index is 0.149. The van der Waals surface area contributed by atoms with Gasteiger partial charge in [0.2, 0.25) is 0 Å². The van der Waals surface area contributed by atoms with Crippen molar-refractivity contribution < 1.29 is 0 Å². The number of aromatic nitrogens is 3. The number of nitrogens with zero attached hydrogens (tertiary/aromatic N) is 2. The molecular formula is C24H17N3O. The van der Waals surface area contributed by atoms with E-state index < -0.39 is 0 Å². The lowest BCUT2D eigenvalue weighted by Gasteiger charge is -2.10. The number of para-hydroxylation sites is 1. The van der Waals surface area contributed by atoms with Crippen molar-refractivity contribution in [3.8, 4) is 28.2 Å². The van der Waals surface area contributed by atoms with E-state index in [1.165, 1.54) is 0 Å². The molecule has 134 valence electrons. The van der Waals surface area contributed by atoms with Gasteiger partial charge in [-0.3, -0.25) is 4.79 Å². The molecule has 4 heteroatoms. The fourth-order valence-corrected chi connectivity index (χ4v) is 3.49. The van der Waals surface area contributed by atoms with Gasteiger partial charge in [0, 0.05) is 22.6 Å². The van der Waals surface area contributed by atoms with Crippen molar-refractivity contribution in [3.05, 3.63) is 107 Å². The standard InChI is InChI=1S/C24H17N3O/c28-24-16-23(19-13-7-8-14-20(19)25-24)27-22(18-11-5-2-6-12-18)15-21(26-27)17-9-3-1-4-10-17/h1-16H,(H,25,28). The third kappa shape index (κ3) is 2.81. The third-order valence-corrected chi connectivity index (χ3v) is 4.81. The number of rotatable bonds is 3. The maximum Gasteiger partial charge on any atom is 0.250 e. The fourth-order valence-electron chi connectivity index (χ4n) is 3.49. The summed E-state index contributed by atoms with van der Waals surface area (Å²) in [4.78, 5) is 15.2. The van der Waals surface area contributed by atoms with E-state index in [-0.39, 0.29) is 5.56 Å². The van der Waals surface area contributed by atoms with E-state index in [2.05, 4.69) is 23.2 Å². The molecule has 0 aliphatic heterocycles. The predicted molar refractivity (Wildman–Crippen MR) is 113 cm³/mol. The summed E-state index contributed by atoms with van der Waals surface area (Å²) in [7, 11) is 0. The van der Waals surface area contributed by atoms with E-state index >= 15 is 0 Å². The van der Waals surface area contributed by atoms with Crippen molar-refractivity contribution >= 4 is 10.9 Å². The lowest BCUT2D eigenvalue weighted by molar-refractivity contribution is 0.895. The van der Waals surface area contributed by atoms with Crippen LogP contribution in [0.2, 0.25) is 0 Å². The molecule has 0 spiro atoms. The molecule has 1 N–H and O–H groups in total. The van der Waals surface area contributed by atoms with Crippen LogP contribution in [0.1, 0.15) is 0 Å². The topological polar surface area (TPSA) is 50.7 Å². The second-order valence-corrected chi connectivity index (χ2v) is 6.62. The molecule has 2 aromatic heterocycles. The zero-order chi connectivity index (χ0) is 18.9. The van der Waals surface area contributed by atoms with Gasteiger partial charge >= 0.3 is 0 Å². The summed E-state index contributed by atoms with van der Waals surface area (Å²) in [5, 5.41) is 5.83. The minimum Gasteiger partial charge on any atom is -0.322 e. The molecule has 0 radical (unpaired) electrons. The van der Waals surface area contributed by atoms with Gasteiger partial charge in [0.1, 0.15) is 0 Å². The van der Waals surface area contributed by atoms with Crippen molar-refractivity contribution in [3.63, 3.8) is 0 Å². The van der Waals surface area contributed by atoms with Crippen LogP contribution in [-0.4, -0.2) is 14.8 Å². The van der Waals surface area contributed by atoms with E-state index in [0.29, 0.717) is 0 Å². The Hall–Kier alpha value is -3.92. The van der Waals surface area contributed by atoms with Crippen LogP contribution in [0.25, 0.3) is 39.1 Å². The van der Waals surface area contributed by atoms with Gasteiger partial charge in [0.05, 0.1) is 22.6 Å². The van der Waals surface area contributed by atoms with Crippen LogP contribution in [0.4, 0.5) is 0 Å². The second kappa shape index (κ2) is 6.67. The maximum absolute atomic E-state index is 12.3. The number of nitrogens with one attached hydrogen (secondary N) is 1. The molecular weight excluding hydrogens is 346 g/mol. The van der Waals surface area contributed by atoms with Gasteiger partial charge < -0.3 is 4.98 Å². The van der Waals surface area contributed by atoms with Gasteiger partial charge in [-0.1, -0.05) is 78.9 Å². The first-order chi connectivity index (χ1) is 13.8. The largest absolute Gasteiger partial charge is 0.322 e. The smallest absolute Gasteiger partial charge is 0.250 e. The molecule has 28 heavy (non-hydrogen) atoms. The molecule has 0 amide bonds. The number of H-pyrrole nitrogens is 1. The Labute approximate surface area is 161 Å². The Morgan fingerprint density at radius 2 is 1.36 bits per heavy atom. The molecule has 4 nitrogen and oxygen atoms in total. The number of hydrogen-bond donors (Lipinski definition) is 1. The lowest BCUT2D eigenvalue weighted by Crippen LogP contribution is -2.10. The first-order valence-corrected chi connectivity index (χ1v) is 9.13. The number of fused-ring (bicyclic) bond motifs is 1. The van der Waals surface area contributed by atoms with Crippen molar-refractivity contribution in [1.29, 1.82) is 0 Å². The summed E-state index contributed by atoms with van der Waals surface area (Å²) in [5.74, 6) is 0. The van der Waals surface area contributed by atoms with Crippen LogP contribution in [0.5, 0.6) is 0 Å². The molecule has 0 aliphatic rings. The molecule has 3 aromatic carbocycles. The Bertz CT molecular complexity index is 1320. The van der Waals surface area contributed by atoms with Crippen molar-refractivity contribution in [2.24, 2.45) is 0 Å². The molecule has 0 atom stereocenters. The molecule has 5 aromatic rings. The third-order valence-electron chi connectivity index (χ3n) is 4.81. The SMILES string of the molecule is O=c1cc(-n2nc(-c3ccccc3)cc2-c2ccccc2)c2ccccc2[nH]1. The number of benzene rings is 3. The van der Waals surface area contributed by atoms with Gasteiger partial charge in [0.25, 0.3) is 5.56 Å². The van der Waals surface area contributed by atoms with E-state index in [9.17, 15) is 4.79 Å². The first kappa shape index (κ1) is 16.3. The van der Waals surface area contributed by atoms with E-state index in [0.717, 1.165) is 39.1 Å². The zero-order valence-corrected chi connectivity index (χ0v) is 15.0. The summed E-state index contributed by atoms with van der Waals surface area (Å²) in [5.41, 5.74) is 5.29. The predicted octanol–water partition coefficient (Wildman–Crippen LogP) is 5.05. The first-order valence-electron chi connectivity index (χ1n) is 9.13. The Morgan fingerprint density at radius 1 is 0.714 bits per heavy atom. The molecule has 0 fully saturated rings. The average molecular weight is 363 g/mol. The highest BCUT2D eigenvalue weighted by Gasteiger charge is 2.15. The van der Waals surface area contributed by atoms with Crippen LogP contribution < -0.4 is 5.56 Å². The highest BCUT2D eigenvalue weighted by molar-refractivity contribution is 5.88. The summed E-state index contributed by atoms with van der Waals surface area (Å²) in [6.45, 7) is 0. The molecule has 0 saturated carbocycles. The molecule has 0 saturated heterocycles. The van der Waals surface area contributed by atoms with Crippen LogP contribution in [0.3, 0.4) is 0 Å². The van der Waals surface area contributed by atoms with Gasteiger partial charge in [-0.25, -0.2) is 4.68 Å². The van der Waals surface area contributed by atoms with Crippen LogP contribution >= 0.6 is 0 Å². The second-order valence-electron chi connectivity index (χ2n) is 6.62. The van der Waals surface area contributed by atoms with Crippen molar-refractivity contribution in [2.75, 3.05) is 0 Å². The number of aromatic amines is 1. The van der Waals surface area contributed by atoms with Crippen molar-refractivity contribution in [1.82, 2.24) is 14.8 Å². The molecule has 5 rings (SSSR count). The number of hydrogen-bond acceptors (Lipinski definition) is 2. The minimum atomic E-state index is -0.149. The Morgan fingerprint density at radius 3 is 2.11 bits per heavy atom. The van der Waals surface area contributed by atoms with E-state index in [4.69, 9.17) is 5.10 Å². The van der Waals surface area contributed by atoms with Crippen LogP contribution in [0.15, 0.2) is 102 Å². The van der Waals surface area contributed by atoms with Crippen LogP contribution in [-0.2, 0) is 0 Å². The molecule has 2 heterocycles. The maximum atomic E-state index is 12.3. The molecule has 0 bridgehead atoms. The lowest BCUT2D eigenvalue weighted by atomic mass is 10.1. The summed E-state index contributed by atoms with van der Waals surface area (Å²) >= 11 is 0. The highest BCUT2D eigenvalue weighted by Crippen LogP contribution is 2.30. The van der Waals surface area contributed by atoms with Gasteiger partial charge in [-0.05, 0) is 12.1 Å². The quantitative estimate of drug-likeness (QED) is 0.488. The average Bonchev–Trinajstić information content (AvgIpc) is 3.20. The van der Waals surface area contributed by atoms with Gasteiger partial charge in [-0.2, -0.15) is 5.10 Å². The summed E-state index contributed by atoms with van der Waals surface area (Å²) in [6, 6.07) is 31.6. The molecule has 0 unspecified atom stereocenters. The highest BCUT2D eigenvalue weighted by atomic mass is 16.1. The van der Waals surface area contributed by atoms with Crippen LogP contribution in [0, 0.1) is 0 Å². The summed E-state index contributed by atoms with van der Waals surface area (Å²) < 4.78 is 1.87. The Kier molecular flexibility index (Phi) is 3.87. The fraction of sp³-hybridized carbons (Fsp3) is 0. The normalized spacial score (nSPS) is 11.0.